The minimum Gasteiger partial charge on any atom is -0.394 e. The zero-order valence-corrected chi connectivity index (χ0v) is 11.4. The van der Waals surface area contributed by atoms with Crippen LogP contribution in [0.15, 0.2) is 12.4 Å². The van der Waals surface area contributed by atoms with E-state index in [1.807, 2.05) is 6.92 Å². The summed E-state index contributed by atoms with van der Waals surface area (Å²) in [4.78, 5) is 7.85. The fourth-order valence-electron chi connectivity index (χ4n) is 1.52. The molecule has 0 unspecified atom stereocenters. The highest BCUT2D eigenvalue weighted by Crippen LogP contribution is 2.22. The number of alkyl halides is 3. The number of halogens is 3. The van der Waals surface area contributed by atoms with Gasteiger partial charge in [0.2, 0.25) is 5.95 Å². The lowest BCUT2D eigenvalue weighted by Gasteiger charge is -2.12. The maximum atomic E-state index is 12.2. The highest BCUT2D eigenvalue weighted by molar-refractivity contribution is 5.64. The SMILES string of the molecule is Cc1c(Nc2ncc(N)c(NCC(F)(F)F)n2)cnn1C. The fraction of sp³-hybridized carbons (Fsp3) is 0.364. The number of nitrogens with two attached hydrogens (primary N) is 1. The molecule has 10 heteroatoms. The molecule has 0 aromatic carbocycles. The lowest BCUT2D eigenvalue weighted by Crippen LogP contribution is -2.22. The maximum Gasteiger partial charge on any atom is 0.405 e. The van der Waals surface area contributed by atoms with Crippen LogP contribution in [0.1, 0.15) is 5.69 Å². The average molecular weight is 301 g/mol. The van der Waals surface area contributed by atoms with Crippen molar-refractivity contribution in [1.29, 1.82) is 0 Å². The number of hydrogen-bond donors (Lipinski definition) is 3. The molecule has 0 aliphatic carbocycles. The van der Waals surface area contributed by atoms with Gasteiger partial charge in [0, 0.05) is 7.05 Å². The smallest absolute Gasteiger partial charge is 0.394 e. The number of aryl methyl sites for hydroxylation is 1. The molecule has 0 fully saturated rings. The summed E-state index contributed by atoms with van der Waals surface area (Å²) in [5, 5.41) is 9.04. The van der Waals surface area contributed by atoms with E-state index in [1.165, 1.54) is 6.20 Å². The van der Waals surface area contributed by atoms with E-state index in [4.69, 9.17) is 5.73 Å². The molecular formula is C11H14F3N7. The third-order valence-electron chi connectivity index (χ3n) is 2.76. The molecule has 0 spiro atoms. The van der Waals surface area contributed by atoms with Gasteiger partial charge in [-0.2, -0.15) is 23.3 Å². The molecule has 0 saturated carbocycles. The van der Waals surface area contributed by atoms with Crippen molar-refractivity contribution in [3.63, 3.8) is 0 Å². The number of nitrogens with one attached hydrogen (secondary N) is 2. The van der Waals surface area contributed by atoms with Gasteiger partial charge in [0.25, 0.3) is 0 Å². The topological polar surface area (TPSA) is 93.7 Å². The number of nitrogens with zero attached hydrogens (tertiary/aromatic N) is 4. The van der Waals surface area contributed by atoms with Crippen molar-refractivity contribution in [2.75, 3.05) is 22.9 Å². The minimum absolute atomic E-state index is 0.0349. The Morgan fingerprint density at radius 1 is 1.33 bits per heavy atom. The number of aromatic nitrogens is 4. The third-order valence-corrected chi connectivity index (χ3v) is 2.76. The second-order valence-electron chi connectivity index (χ2n) is 4.36. The summed E-state index contributed by atoms with van der Waals surface area (Å²) >= 11 is 0. The van der Waals surface area contributed by atoms with Gasteiger partial charge in [0.1, 0.15) is 6.54 Å². The van der Waals surface area contributed by atoms with E-state index < -0.39 is 12.7 Å². The highest BCUT2D eigenvalue weighted by Gasteiger charge is 2.27. The number of anilines is 4. The zero-order chi connectivity index (χ0) is 15.6. The van der Waals surface area contributed by atoms with Gasteiger partial charge < -0.3 is 16.4 Å². The zero-order valence-electron chi connectivity index (χ0n) is 11.4. The molecule has 114 valence electrons. The summed E-state index contributed by atoms with van der Waals surface area (Å²) in [6.07, 6.45) is -1.55. The summed E-state index contributed by atoms with van der Waals surface area (Å²) in [6.45, 7) is 0.606. The van der Waals surface area contributed by atoms with Crippen LogP contribution >= 0.6 is 0 Å². The van der Waals surface area contributed by atoms with Crippen LogP contribution in [0.3, 0.4) is 0 Å². The van der Waals surface area contributed by atoms with Crippen LogP contribution in [0.2, 0.25) is 0 Å². The summed E-state index contributed by atoms with van der Waals surface area (Å²) in [6, 6.07) is 0. The van der Waals surface area contributed by atoms with Crippen molar-refractivity contribution in [3.05, 3.63) is 18.1 Å². The van der Waals surface area contributed by atoms with E-state index in [0.29, 0.717) is 5.69 Å². The first-order valence-electron chi connectivity index (χ1n) is 5.95. The molecule has 0 saturated heterocycles. The predicted octanol–water partition coefficient (Wildman–Crippen LogP) is 1.82. The molecule has 2 aromatic heterocycles. The average Bonchev–Trinajstić information content (AvgIpc) is 2.70. The van der Waals surface area contributed by atoms with Crippen molar-refractivity contribution in [3.8, 4) is 0 Å². The molecule has 21 heavy (non-hydrogen) atoms. The normalized spacial score (nSPS) is 11.5. The first kappa shape index (κ1) is 14.9. The van der Waals surface area contributed by atoms with Crippen molar-refractivity contribution in [2.24, 2.45) is 7.05 Å². The lowest BCUT2D eigenvalue weighted by atomic mass is 10.4. The van der Waals surface area contributed by atoms with E-state index in [1.54, 1.807) is 17.9 Å². The Bertz CT molecular complexity index is 635. The van der Waals surface area contributed by atoms with Gasteiger partial charge in [0.05, 0.1) is 29.5 Å². The van der Waals surface area contributed by atoms with Gasteiger partial charge in [0.15, 0.2) is 5.82 Å². The second-order valence-corrected chi connectivity index (χ2v) is 4.36. The first-order valence-corrected chi connectivity index (χ1v) is 5.95. The molecule has 0 amide bonds. The molecule has 0 radical (unpaired) electrons. The summed E-state index contributed by atoms with van der Waals surface area (Å²) < 4.78 is 38.2. The Kier molecular flexibility index (Phi) is 3.87. The van der Waals surface area contributed by atoms with Crippen LogP contribution in [0.5, 0.6) is 0 Å². The Labute approximate surface area is 118 Å². The monoisotopic (exact) mass is 301 g/mol. The summed E-state index contributed by atoms with van der Waals surface area (Å²) in [5.74, 6) is 0.0522. The number of nitrogen functional groups attached to an aromatic ring is 1. The minimum atomic E-state index is -4.36. The van der Waals surface area contributed by atoms with Crippen LogP contribution < -0.4 is 16.4 Å². The van der Waals surface area contributed by atoms with Gasteiger partial charge in [-0.25, -0.2) is 4.98 Å². The summed E-state index contributed by atoms with van der Waals surface area (Å²) in [7, 11) is 1.76. The van der Waals surface area contributed by atoms with Gasteiger partial charge in [-0.1, -0.05) is 0 Å². The second kappa shape index (κ2) is 5.46. The highest BCUT2D eigenvalue weighted by atomic mass is 19.4. The van der Waals surface area contributed by atoms with E-state index in [0.717, 1.165) is 5.69 Å². The van der Waals surface area contributed by atoms with Crippen LogP contribution in [-0.2, 0) is 7.05 Å². The van der Waals surface area contributed by atoms with Gasteiger partial charge in [-0.05, 0) is 6.92 Å². The van der Waals surface area contributed by atoms with Crippen LogP contribution in [-0.4, -0.2) is 32.5 Å². The van der Waals surface area contributed by atoms with Gasteiger partial charge >= 0.3 is 6.18 Å². The molecule has 2 heterocycles. The molecule has 2 aromatic rings. The lowest BCUT2D eigenvalue weighted by molar-refractivity contribution is -0.115. The van der Waals surface area contributed by atoms with Crippen LogP contribution in [0.25, 0.3) is 0 Å². The van der Waals surface area contributed by atoms with Crippen molar-refractivity contribution >= 4 is 23.1 Å². The molecule has 7 nitrogen and oxygen atoms in total. The van der Waals surface area contributed by atoms with Crippen molar-refractivity contribution < 1.29 is 13.2 Å². The summed E-state index contributed by atoms with van der Waals surface area (Å²) in [5.41, 5.74) is 7.07. The van der Waals surface area contributed by atoms with Crippen LogP contribution in [0.4, 0.5) is 36.3 Å². The standard InChI is InChI=1S/C11H14F3N7/c1-6-8(4-18-21(6)2)19-10-16-3-7(15)9(20-10)17-5-11(12,13)14/h3-4H,5,15H2,1-2H3,(H2,16,17,19,20). The van der Waals surface area contributed by atoms with Gasteiger partial charge in [-0.15, -0.1) is 0 Å². The molecule has 0 bridgehead atoms. The van der Waals surface area contributed by atoms with E-state index in [9.17, 15) is 13.2 Å². The Morgan fingerprint density at radius 3 is 2.62 bits per heavy atom. The molecule has 2 rings (SSSR count). The van der Waals surface area contributed by atoms with Crippen molar-refractivity contribution in [2.45, 2.75) is 13.1 Å². The van der Waals surface area contributed by atoms with Gasteiger partial charge in [-0.3, -0.25) is 4.68 Å². The Morgan fingerprint density at radius 2 is 2.05 bits per heavy atom. The molecule has 0 aliphatic heterocycles. The number of rotatable bonds is 4. The van der Waals surface area contributed by atoms with E-state index in [2.05, 4.69) is 25.7 Å². The fourth-order valence-corrected chi connectivity index (χ4v) is 1.52. The maximum absolute atomic E-state index is 12.2. The van der Waals surface area contributed by atoms with Crippen molar-refractivity contribution in [1.82, 2.24) is 19.7 Å². The number of hydrogen-bond acceptors (Lipinski definition) is 6. The van der Waals surface area contributed by atoms with E-state index >= 15 is 0 Å². The Balaban J connectivity index is 2.16. The van der Waals surface area contributed by atoms with Crippen LogP contribution in [0, 0.1) is 6.92 Å². The molecule has 0 atom stereocenters. The Hall–Kier alpha value is -2.52. The third kappa shape index (κ3) is 3.74. The largest absolute Gasteiger partial charge is 0.405 e. The molecular weight excluding hydrogens is 287 g/mol. The predicted molar refractivity (Wildman–Crippen MR) is 72.2 cm³/mol. The molecule has 4 N–H and O–H groups in total. The molecule has 0 aliphatic rings. The quantitative estimate of drug-likeness (QED) is 0.797. The first-order chi connectivity index (χ1) is 9.76. The van der Waals surface area contributed by atoms with E-state index in [-0.39, 0.29) is 17.5 Å².